The molecule has 1 aromatic rings. The first-order chi connectivity index (χ1) is 9.12. The van der Waals surface area contributed by atoms with E-state index < -0.39 is 24.2 Å². The van der Waals surface area contributed by atoms with Gasteiger partial charge in [0, 0.05) is 17.4 Å². The molecule has 0 aliphatic carbocycles. The van der Waals surface area contributed by atoms with Crippen molar-refractivity contribution >= 4 is 30.1 Å². The zero-order valence-corrected chi connectivity index (χ0v) is 12.8. The average Bonchev–Trinajstić information content (AvgIpc) is 2.50. The fourth-order valence-electron chi connectivity index (χ4n) is 1.93. The lowest BCUT2D eigenvalue weighted by molar-refractivity contribution is -0.117. The molecule has 1 amide bonds. The van der Waals surface area contributed by atoms with E-state index in [1.807, 2.05) is 27.7 Å². The van der Waals surface area contributed by atoms with Crippen molar-refractivity contribution in [3.05, 3.63) is 23.0 Å². The van der Waals surface area contributed by atoms with E-state index in [4.69, 9.17) is 26.6 Å². The van der Waals surface area contributed by atoms with Gasteiger partial charge in [0.1, 0.15) is 0 Å². The largest absolute Gasteiger partial charge is 0.496 e. The number of amides is 1. The van der Waals surface area contributed by atoms with Crippen molar-refractivity contribution < 1.29 is 14.1 Å². The highest BCUT2D eigenvalue weighted by molar-refractivity contribution is 6.65. The van der Waals surface area contributed by atoms with Crippen LogP contribution in [0.1, 0.15) is 33.4 Å². The van der Waals surface area contributed by atoms with Crippen molar-refractivity contribution in [3.63, 3.8) is 0 Å². The highest BCUT2D eigenvalue weighted by Crippen LogP contribution is 2.36. The Morgan fingerprint density at radius 3 is 2.40 bits per heavy atom. The first-order valence-corrected chi connectivity index (χ1v) is 6.78. The molecule has 0 atom stereocenters. The van der Waals surface area contributed by atoms with Crippen LogP contribution < -0.4 is 11.2 Å². The van der Waals surface area contributed by atoms with Gasteiger partial charge in [-0.15, -0.1) is 0 Å². The Balaban J connectivity index is 2.32. The minimum absolute atomic E-state index is 0.0592. The molecule has 2 N–H and O–H groups in total. The third-order valence-electron chi connectivity index (χ3n) is 3.80. The number of aromatic nitrogens is 1. The normalized spacial score (nSPS) is 20.1. The van der Waals surface area contributed by atoms with Crippen molar-refractivity contribution in [1.82, 2.24) is 4.98 Å². The lowest BCUT2D eigenvalue weighted by Crippen LogP contribution is -2.41. The predicted octanol–water partition coefficient (Wildman–Crippen LogP) is 1.06. The highest BCUT2D eigenvalue weighted by atomic mass is 35.5. The predicted molar refractivity (Wildman–Crippen MR) is 77.9 cm³/mol. The number of carbonyl (C=O) groups excluding carboxylic acids is 1. The molecule has 0 saturated carbocycles. The summed E-state index contributed by atoms with van der Waals surface area (Å²) < 4.78 is 11.9. The summed E-state index contributed by atoms with van der Waals surface area (Å²) in [6.45, 7) is 7.86. The molecule has 5 nitrogen and oxygen atoms in total. The van der Waals surface area contributed by atoms with Crippen LogP contribution in [-0.4, -0.2) is 29.2 Å². The number of nitrogens with zero attached hydrogens (tertiary/aromatic N) is 1. The number of nitrogens with two attached hydrogens (primary N) is 1. The molecule has 0 radical (unpaired) electrons. The van der Waals surface area contributed by atoms with Crippen LogP contribution in [0.5, 0.6) is 0 Å². The van der Waals surface area contributed by atoms with E-state index in [0.717, 1.165) is 0 Å². The molecule has 1 aliphatic rings. The van der Waals surface area contributed by atoms with E-state index in [2.05, 4.69) is 4.98 Å². The van der Waals surface area contributed by atoms with Gasteiger partial charge in [0.15, 0.2) is 0 Å². The molecule has 1 aliphatic heterocycles. The highest BCUT2D eigenvalue weighted by Gasteiger charge is 2.52. The second-order valence-corrected chi connectivity index (χ2v) is 6.34. The standard InChI is InChI=1S/C13H18BClN2O3/c1-12(2)13(3,4)20-14(19-12)9-5-8(6-11(16)18)17-7-10(9)15/h5,7H,6H2,1-4H3,(H2,16,18). The zero-order chi connectivity index (χ0) is 15.1. The Bertz CT molecular complexity index is 532. The zero-order valence-electron chi connectivity index (χ0n) is 12.1. The SMILES string of the molecule is CC1(C)OB(c2cc(CC(N)=O)ncc2Cl)OC1(C)C. The smallest absolute Gasteiger partial charge is 0.399 e. The molecule has 0 unspecified atom stereocenters. The maximum Gasteiger partial charge on any atom is 0.496 e. The molecule has 2 rings (SSSR count). The van der Waals surface area contributed by atoms with Crippen molar-refractivity contribution in [3.8, 4) is 0 Å². The second kappa shape index (κ2) is 5.02. The lowest BCUT2D eigenvalue weighted by atomic mass is 9.79. The van der Waals surface area contributed by atoms with Crippen LogP contribution in [0.2, 0.25) is 5.02 Å². The third-order valence-corrected chi connectivity index (χ3v) is 4.12. The number of primary amides is 1. The Morgan fingerprint density at radius 2 is 1.90 bits per heavy atom. The molecule has 2 heterocycles. The van der Waals surface area contributed by atoms with Gasteiger partial charge in [-0.05, 0) is 33.8 Å². The van der Waals surface area contributed by atoms with Gasteiger partial charge in [0.05, 0.1) is 22.6 Å². The number of hydrogen-bond acceptors (Lipinski definition) is 4. The van der Waals surface area contributed by atoms with Crippen LogP contribution >= 0.6 is 11.6 Å². The summed E-state index contributed by atoms with van der Waals surface area (Å²) in [5.41, 5.74) is 5.49. The second-order valence-electron chi connectivity index (χ2n) is 5.93. The van der Waals surface area contributed by atoms with Gasteiger partial charge in [-0.3, -0.25) is 9.78 Å². The van der Waals surface area contributed by atoms with Crippen LogP contribution in [0.25, 0.3) is 0 Å². The molecule has 7 heteroatoms. The monoisotopic (exact) mass is 296 g/mol. The van der Waals surface area contributed by atoms with Crippen LogP contribution in [0.3, 0.4) is 0 Å². The van der Waals surface area contributed by atoms with Gasteiger partial charge in [-0.1, -0.05) is 11.6 Å². The first kappa shape index (κ1) is 15.3. The van der Waals surface area contributed by atoms with Crippen LogP contribution in [0, 0.1) is 0 Å². The van der Waals surface area contributed by atoms with Crippen molar-refractivity contribution in [2.45, 2.75) is 45.3 Å². The van der Waals surface area contributed by atoms with Crippen LogP contribution in [0.15, 0.2) is 12.3 Å². The van der Waals surface area contributed by atoms with Crippen LogP contribution in [-0.2, 0) is 20.5 Å². The molecule has 0 aromatic carbocycles. The maximum atomic E-state index is 11.0. The van der Waals surface area contributed by atoms with Crippen molar-refractivity contribution in [2.75, 3.05) is 0 Å². The van der Waals surface area contributed by atoms with E-state index in [-0.39, 0.29) is 6.42 Å². The average molecular weight is 297 g/mol. The van der Waals surface area contributed by atoms with Gasteiger partial charge >= 0.3 is 7.12 Å². The number of carbonyl (C=O) groups is 1. The summed E-state index contributed by atoms with van der Waals surface area (Å²) in [4.78, 5) is 15.1. The minimum atomic E-state index is -0.581. The maximum absolute atomic E-state index is 11.0. The van der Waals surface area contributed by atoms with Gasteiger partial charge in [-0.25, -0.2) is 0 Å². The van der Waals surface area contributed by atoms with Gasteiger partial charge in [0.2, 0.25) is 5.91 Å². The van der Waals surface area contributed by atoms with Gasteiger partial charge in [-0.2, -0.15) is 0 Å². The molecule has 20 heavy (non-hydrogen) atoms. The number of halogens is 1. The van der Waals surface area contributed by atoms with Gasteiger partial charge < -0.3 is 15.0 Å². The molecule has 0 spiro atoms. The molecule has 108 valence electrons. The van der Waals surface area contributed by atoms with Crippen LogP contribution in [0.4, 0.5) is 0 Å². The summed E-state index contributed by atoms with van der Waals surface area (Å²) in [5, 5.41) is 0.441. The first-order valence-electron chi connectivity index (χ1n) is 6.41. The van der Waals surface area contributed by atoms with E-state index in [9.17, 15) is 4.79 Å². The summed E-state index contributed by atoms with van der Waals surface area (Å²) >= 11 is 6.16. The fourth-order valence-corrected chi connectivity index (χ4v) is 2.12. The lowest BCUT2D eigenvalue weighted by Gasteiger charge is -2.32. The minimum Gasteiger partial charge on any atom is -0.399 e. The van der Waals surface area contributed by atoms with Crippen molar-refractivity contribution in [2.24, 2.45) is 5.73 Å². The molecular formula is C13H18BClN2O3. The summed E-state index contributed by atoms with van der Waals surface area (Å²) in [5.74, 6) is -0.445. The Morgan fingerprint density at radius 1 is 1.35 bits per heavy atom. The Kier molecular flexibility index (Phi) is 3.84. The topological polar surface area (TPSA) is 74.4 Å². The van der Waals surface area contributed by atoms with E-state index in [1.54, 1.807) is 6.07 Å². The van der Waals surface area contributed by atoms with E-state index >= 15 is 0 Å². The number of rotatable bonds is 3. The van der Waals surface area contributed by atoms with Crippen molar-refractivity contribution in [1.29, 1.82) is 0 Å². The van der Waals surface area contributed by atoms with E-state index in [0.29, 0.717) is 16.2 Å². The number of hydrogen-bond donors (Lipinski definition) is 1. The molecule has 1 aromatic heterocycles. The Labute approximate surface area is 123 Å². The third kappa shape index (κ3) is 2.82. The van der Waals surface area contributed by atoms with E-state index in [1.165, 1.54) is 6.20 Å². The fraction of sp³-hybridized carbons (Fsp3) is 0.538. The summed E-state index contributed by atoms with van der Waals surface area (Å²) in [6.07, 6.45) is 1.55. The Hall–Kier alpha value is -1.11. The quantitative estimate of drug-likeness (QED) is 0.847. The summed E-state index contributed by atoms with van der Waals surface area (Å²) in [6, 6.07) is 1.70. The molecule has 1 fully saturated rings. The molecule has 0 bridgehead atoms. The van der Waals surface area contributed by atoms with Gasteiger partial charge in [0.25, 0.3) is 0 Å². The molecular weight excluding hydrogens is 278 g/mol. The number of pyridine rings is 1. The summed E-state index contributed by atoms with van der Waals surface area (Å²) in [7, 11) is -0.581. The molecule has 1 saturated heterocycles.